The molecule has 0 N–H and O–H groups in total. The van der Waals surface area contributed by atoms with Gasteiger partial charge in [-0.15, -0.1) is 0 Å². The second kappa shape index (κ2) is 6.03. The summed E-state index contributed by atoms with van der Waals surface area (Å²) in [5.74, 6) is 0.953. The molecule has 3 heterocycles. The minimum absolute atomic E-state index is 0.104. The van der Waals surface area contributed by atoms with Crippen molar-refractivity contribution in [3.05, 3.63) is 23.5 Å². The Hall–Kier alpha value is -1.19. The standard InChI is InChI=1S/C17H24N3O2P/c1-11-5-15(9-20(11)23-16-3-4-16)22-14-6-13-8-19(12(2)21)10-17(13)18-7-14/h6-7,11,15-16,23H,3-5,8-10H2,1-2H3/t11-,15+/m0/s1. The molecule has 3 aliphatic rings. The van der Waals surface area contributed by atoms with Crippen molar-refractivity contribution in [3.63, 3.8) is 0 Å². The van der Waals surface area contributed by atoms with Crippen molar-refractivity contribution in [1.82, 2.24) is 14.6 Å². The molecule has 0 spiro atoms. The fourth-order valence-corrected chi connectivity index (χ4v) is 4.97. The second-order valence-electron chi connectivity index (χ2n) is 7.03. The van der Waals surface area contributed by atoms with Crippen LogP contribution in [0.2, 0.25) is 0 Å². The largest absolute Gasteiger partial charge is 0.487 e. The lowest BCUT2D eigenvalue weighted by Gasteiger charge is -2.20. The number of pyridine rings is 1. The fourth-order valence-electron chi connectivity index (χ4n) is 3.41. The summed E-state index contributed by atoms with van der Waals surface area (Å²) in [6.45, 7) is 6.24. The summed E-state index contributed by atoms with van der Waals surface area (Å²) in [5, 5.41) is 0. The summed E-state index contributed by atoms with van der Waals surface area (Å²) in [4.78, 5) is 17.8. The van der Waals surface area contributed by atoms with Crippen molar-refractivity contribution < 1.29 is 9.53 Å². The van der Waals surface area contributed by atoms with E-state index in [4.69, 9.17) is 4.74 Å². The monoisotopic (exact) mass is 333 g/mol. The molecule has 23 heavy (non-hydrogen) atoms. The molecule has 0 aromatic carbocycles. The van der Waals surface area contributed by atoms with Gasteiger partial charge in [-0.25, -0.2) is 0 Å². The quantitative estimate of drug-likeness (QED) is 0.795. The molecule has 124 valence electrons. The molecule has 5 nitrogen and oxygen atoms in total. The number of hydrogen-bond acceptors (Lipinski definition) is 4. The molecule has 1 unspecified atom stereocenters. The zero-order chi connectivity index (χ0) is 16.0. The van der Waals surface area contributed by atoms with Gasteiger partial charge in [0.05, 0.1) is 18.4 Å². The maximum atomic E-state index is 11.5. The fraction of sp³-hybridized carbons (Fsp3) is 0.647. The maximum Gasteiger partial charge on any atom is 0.220 e. The van der Waals surface area contributed by atoms with Gasteiger partial charge >= 0.3 is 0 Å². The van der Waals surface area contributed by atoms with E-state index >= 15 is 0 Å². The predicted octanol–water partition coefficient (Wildman–Crippen LogP) is 2.54. The third-order valence-corrected chi connectivity index (χ3v) is 6.84. The maximum absolute atomic E-state index is 11.5. The molecule has 2 aliphatic heterocycles. The van der Waals surface area contributed by atoms with Gasteiger partial charge in [-0.05, 0) is 45.8 Å². The Morgan fingerprint density at radius 1 is 1.39 bits per heavy atom. The lowest BCUT2D eigenvalue weighted by Crippen LogP contribution is -2.21. The van der Waals surface area contributed by atoms with Crippen molar-refractivity contribution in [2.75, 3.05) is 6.54 Å². The minimum Gasteiger partial charge on any atom is -0.487 e. The van der Waals surface area contributed by atoms with E-state index in [0.29, 0.717) is 19.1 Å². The average molecular weight is 333 g/mol. The van der Waals surface area contributed by atoms with Crippen LogP contribution < -0.4 is 4.74 Å². The Bertz CT molecular complexity index is 620. The van der Waals surface area contributed by atoms with Gasteiger partial charge in [-0.3, -0.25) is 14.4 Å². The normalized spacial score (nSPS) is 27.8. The number of fused-ring (bicyclic) bond motifs is 1. The molecular formula is C17H24N3O2P. The number of aromatic nitrogens is 1. The van der Waals surface area contributed by atoms with Gasteiger partial charge in [-0.2, -0.15) is 0 Å². The Morgan fingerprint density at radius 3 is 2.96 bits per heavy atom. The summed E-state index contributed by atoms with van der Waals surface area (Å²) >= 11 is 0. The zero-order valence-electron chi connectivity index (χ0n) is 13.8. The van der Waals surface area contributed by atoms with Crippen LogP contribution in [0, 0.1) is 0 Å². The van der Waals surface area contributed by atoms with Gasteiger partial charge < -0.3 is 9.64 Å². The van der Waals surface area contributed by atoms with Crippen molar-refractivity contribution in [2.24, 2.45) is 0 Å². The smallest absolute Gasteiger partial charge is 0.220 e. The van der Waals surface area contributed by atoms with Crippen LogP contribution in [0.5, 0.6) is 5.75 Å². The highest BCUT2D eigenvalue weighted by Crippen LogP contribution is 2.45. The molecule has 0 bridgehead atoms. The van der Waals surface area contributed by atoms with Crippen molar-refractivity contribution >= 4 is 14.6 Å². The lowest BCUT2D eigenvalue weighted by atomic mass is 10.2. The third kappa shape index (κ3) is 3.36. The number of hydrogen-bond donors (Lipinski definition) is 0. The van der Waals surface area contributed by atoms with Gasteiger partial charge in [0.25, 0.3) is 0 Å². The molecular weight excluding hydrogens is 309 g/mol. The number of amides is 1. The SMILES string of the molecule is CC(=O)N1Cc2cc(O[C@@H]3C[C@H](C)N(PC4CC4)C3)cnc2C1. The summed E-state index contributed by atoms with van der Waals surface area (Å²) in [5.41, 5.74) is 3.08. The second-order valence-corrected chi connectivity index (χ2v) is 8.68. The number of ether oxygens (including phenoxy) is 1. The predicted molar refractivity (Wildman–Crippen MR) is 90.7 cm³/mol. The van der Waals surface area contributed by atoms with Crippen molar-refractivity contribution in [2.45, 2.75) is 64.0 Å². The van der Waals surface area contributed by atoms with E-state index in [9.17, 15) is 4.79 Å². The average Bonchev–Trinajstić information content (AvgIpc) is 3.11. The van der Waals surface area contributed by atoms with Crippen LogP contribution in [-0.2, 0) is 17.9 Å². The molecule has 4 rings (SSSR count). The van der Waals surface area contributed by atoms with E-state index in [-0.39, 0.29) is 12.0 Å². The highest BCUT2D eigenvalue weighted by atomic mass is 31.1. The van der Waals surface area contributed by atoms with Crippen LogP contribution in [0.4, 0.5) is 0 Å². The van der Waals surface area contributed by atoms with Crippen LogP contribution in [0.3, 0.4) is 0 Å². The Morgan fingerprint density at radius 2 is 2.22 bits per heavy atom. The first-order chi connectivity index (χ1) is 11.1. The van der Waals surface area contributed by atoms with E-state index in [1.807, 2.05) is 11.1 Å². The van der Waals surface area contributed by atoms with Gasteiger partial charge in [-0.1, -0.05) is 0 Å². The van der Waals surface area contributed by atoms with Crippen LogP contribution >= 0.6 is 8.73 Å². The van der Waals surface area contributed by atoms with Crippen molar-refractivity contribution in [1.29, 1.82) is 0 Å². The van der Waals surface area contributed by atoms with E-state index in [1.165, 1.54) is 12.8 Å². The summed E-state index contributed by atoms with van der Waals surface area (Å²) in [6.07, 6.45) is 6.00. The van der Waals surface area contributed by atoms with Crippen LogP contribution in [0.1, 0.15) is 44.4 Å². The van der Waals surface area contributed by atoms with E-state index < -0.39 is 0 Å². The number of carbonyl (C=O) groups is 1. The minimum atomic E-state index is 0.104. The number of rotatable bonds is 4. The van der Waals surface area contributed by atoms with Crippen LogP contribution in [0.15, 0.2) is 12.3 Å². The molecule has 1 aromatic rings. The summed E-state index contributed by atoms with van der Waals surface area (Å²) < 4.78 is 8.79. The first-order valence-electron chi connectivity index (χ1n) is 8.51. The summed E-state index contributed by atoms with van der Waals surface area (Å²) in [7, 11) is 0.973. The van der Waals surface area contributed by atoms with Gasteiger partial charge in [0, 0.05) is 32.5 Å². The third-order valence-electron chi connectivity index (χ3n) is 4.95. The molecule has 1 saturated carbocycles. The number of nitrogens with zero attached hydrogens (tertiary/aromatic N) is 3. The van der Waals surface area contributed by atoms with E-state index in [0.717, 1.165) is 44.4 Å². The first kappa shape index (κ1) is 15.3. The molecule has 1 amide bonds. The summed E-state index contributed by atoms with van der Waals surface area (Å²) in [6, 6.07) is 2.69. The van der Waals surface area contributed by atoms with E-state index in [2.05, 4.69) is 22.6 Å². The lowest BCUT2D eigenvalue weighted by molar-refractivity contribution is -0.129. The molecule has 3 atom stereocenters. The number of carbonyl (C=O) groups excluding carboxylic acids is 1. The Kier molecular flexibility index (Phi) is 4.02. The first-order valence-corrected chi connectivity index (χ1v) is 9.53. The zero-order valence-corrected chi connectivity index (χ0v) is 14.8. The van der Waals surface area contributed by atoms with Crippen LogP contribution in [-0.4, -0.2) is 44.8 Å². The Labute approximate surface area is 139 Å². The molecule has 0 radical (unpaired) electrons. The van der Waals surface area contributed by atoms with Gasteiger partial charge in [0.2, 0.25) is 5.91 Å². The highest BCUT2D eigenvalue weighted by molar-refractivity contribution is 7.36. The topological polar surface area (TPSA) is 45.7 Å². The molecule has 6 heteroatoms. The van der Waals surface area contributed by atoms with E-state index in [1.54, 1.807) is 6.92 Å². The van der Waals surface area contributed by atoms with Gasteiger partial charge in [0.15, 0.2) is 0 Å². The molecule has 1 aliphatic carbocycles. The van der Waals surface area contributed by atoms with Crippen LogP contribution in [0.25, 0.3) is 0 Å². The van der Waals surface area contributed by atoms with Gasteiger partial charge in [0.1, 0.15) is 11.9 Å². The Balaban J connectivity index is 1.38. The molecule has 1 saturated heterocycles. The highest BCUT2D eigenvalue weighted by Gasteiger charge is 2.34. The molecule has 1 aromatic heterocycles. The molecule has 2 fully saturated rings. The van der Waals surface area contributed by atoms with Crippen molar-refractivity contribution in [3.8, 4) is 5.75 Å².